The number of benzene rings is 3. The molecule has 2 heterocycles. The number of carboxylic acids is 4. The number of aromatic nitrogens is 1. The molecule has 0 aliphatic carbocycles. The normalized spacial score (nSPS) is 15.4. The van der Waals surface area contributed by atoms with E-state index in [-0.39, 0.29) is 61.6 Å². The predicted octanol–water partition coefficient (Wildman–Crippen LogP) is -7.16. The minimum atomic E-state index is -2.12. The van der Waals surface area contributed by atoms with E-state index >= 15 is 0 Å². The Balaban J connectivity index is 1.26. The van der Waals surface area contributed by atoms with Gasteiger partial charge >= 0.3 is 23.9 Å². The van der Waals surface area contributed by atoms with Crippen molar-refractivity contribution in [3.8, 4) is 5.75 Å². The molecule has 648 valence electrons. The van der Waals surface area contributed by atoms with Gasteiger partial charge in [0.05, 0.1) is 39.1 Å². The molecule has 3 aromatic carbocycles. The summed E-state index contributed by atoms with van der Waals surface area (Å²) in [5.41, 5.74) is 12.9. The summed E-state index contributed by atoms with van der Waals surface area (Å²) in [4.78, 5) is 258. The van der Waals surface area contributed by atoms with E-state index in [0.717, 1.165) is 4.90 Å². The number of phenolic OH excluding ortho intramolecular Hbond substituents is 1. The summed E-state index contributed by atoms with van der Waals surface area (Å²) in [6.45, 7) is -0.632. The van der Waals surface area contributed by atoms with Crippen LogP contribution in [0, 0.1) is 5.92 Å². The number of primary amides is 1. The Morgan fingerprint density at radius 2 is 0.941 bits per heavy atom. The van der Waals surface area contributed by atoms with E-state index in [1.165, 1.54) is 24.3 Å². The molecule has 25 N–H and O–H groups in total. The summed E-state index contributed by atoms with van der Waals surface area (Å²) < 4.78 is 0. The first-order valence-corrected chi connectivity index (χ1v) is 38.5. The second-order valence-corrected chi connectivity index (χ2v) is 28.7. The standard InChI is InChI=1S/C74H99N17O26S2/c1-36(2)23-51(74(116)117)87-67(109)48(27-56(76)95)84-66(108)47(24-37-9-4-3-5-10-37)83-70(112)54(35-119)90-68(110)49(28-61(102)103)85-64(106)44(18-20-59(98)99)80-58(97)31-78-57(96)30-79-63(105)46(25-38-14-16-40(94)17-15-38)82-65(107)45(19-21-60(100)101)81-69(111)52(33-93)88-72(114)55-13-8-22-91(55)73(115)50(26-39-29-77-43-12-7-6-11-41(39)43)86-71(113)53(34-118)89-62(104)42(75)32-92/h3-7,9-12,14-17,29,36,42,44-55,77,92-94,118-119H,8,13,18-28,30-35,75H2,1-2H3,(H2,76,95)(H,78,96)(H,79,105)(H,80,97)(H,81,111)(H,82,107)(H,83,112)(H,84,108)(H,85,106)(H,86,113)(H,87,109)(H,88,114)(H,89,104)(H,90,110)(H,98,99)(H,100,101)(H,102,103)(H,116,117)/t42-,44-,45-,46-,47-,48-,49-,50-,51-,52-,53-,54-,55-/m0/s1. The highest BCUT2D eigenvalue weighted by Crippen LogP contribution is 2.24. The lowest BCUT2D eigenvalue weighted by molar-refractivity contribution is -0.143. The van der Waals surface area contributed by atoms with E-state index < -0.39 is 268 Å². The number of nitrogens with two attached hydrogens (primary N) is 2. The van der Waals surface area contributed by atoms with Gasteiger partial charge in [-0.05, 0) is 72.9 Å². The fourth-order valence-corrected chi connectivity index (χ4v) is 12.6. The van der Waals surface area contributed by atoms with Crippen molar-refractivity contribution in [2.75, 3.05) is 44.4 Å². The molecular formula is C74H99N17O26S2. The average molecular weight is 1710 g/mol. The van der Waals surface area contributed by atoms with Crippen LogP contribution >= 0.6 is 25.3 Å². The molecule has 1 saturated heterocycles. The van der Waals surface area contributed by atoms with Gasteiger partial charge in [0.25, 0.3) is 0 Å². The van der Waals surface area contributed by atoms with E-state index in [9.17, 15) is 127 Å². The highest BCUT2D eigenvalue weighted by molar-refractivity contribution is 7.80. The van der Waals surface area contributed by atoms with Gasteiger partial charge in [-0.1, -0.05) is 74.5 Å². The molecule has 1 aliphatic heterocycles. The Hall–Kier alpha value is -12.5. The van der Waals surface area contributed by atoms with Gasteiger partial charge in [-0.15, -0.1) is 0 Å². The number of aromatic hydroxyl groups is 1. The zero-order valence-corrected chi connectivity index (χ0v) is 66.3. The smallest absolute Gasteiger partial charge is 0.326 e. The van der Waals surface area contributed by atoms with Gasteiger partial charge in [0.1, 0.15) is 84.3 Å². The largest absolute Gasteiger partial charge is 0.508 e. The Morgan fingerprint density at radius 1 is 0.479 bits per heavy atom. The van der Waals surface area contributed by atoms with Crippen LogP contribution in [0.1, 0.15) is 88.3 Å². The summed E-state index contributed by atoms with van der Waals surface area (Å²) >= 11 is 8.31. The Labute approximate surface area is 690 Å². The third-order valence-corrected chi connectivity index (χ3v) is 19.0. The molecule has 43 nitrogen and oxygen atoms in total. The molecule has 1 aromatic heterocycles. The number of para-hydroxylation sites is 1. The number of nitrogens with zero attached hydrogens (tertiary/aromatic N) is 1. The number of aromatic amines is 1. The number of carbonyl (C=O) groups excluding carboxylic acids is 15. The van der Waals surface area contributed by atoms with E-state index in [0.29, 0.717) is 22.0 Å². The molecule has 15 amide bonds. The number of aliphatic hydroxyl groups excluding tert-OH is 2. The fourth-order valence-electron chi connectivity index (χ4n) is 12.1. The van der Waals surface area contributed by atoms with Crippen LogP contribution in [0.5, 0.6) is 5.75 Å². The van der Waals surface area contributed by atoms with Crippen LogP contribution < -0.4 is 80.6 Å². The topological polar surface area (TPSA) is 693 Å². The minimum absolute atomic E-state index is 0.00850. The predicted molar refractivity (Wildman–Crippen MR) is 423 cm³/mol. The molecular weight excluding hydrogens is 1610 g/mol. The number of phenols is 1. The molecule has 4 aromatic rings. The number of H-pyrrole nitrogens is 1. The number of rotatable bonds is 50. The Bertz CT molecular complexity index is 4310. The number of amides is 15. The first-order chi connectivity index (χ1) is 56.3. The number of aliphatic carboxylic acids is 4. The quantitative estimate of drug-likeness (QED) is 0.0183. The van der Waals surface area contributed by atoms with Gasteiger partial charge < -0.3 is 126 Å². The third-order valence-electron chi connectivity index (χ3n) is 18.3. The van der Waals surface area contributed by atoms with Crippen LogP contribution in [-0.4, -0.2) is 281 Å². The van der Waals surface area contributed by atoms with E-state index in [2.05, 4.69) is 99.4 Å². The maximum atomic E-state index is 14.7. The minimum Gasteiger partial charge on any atom is -0.508 e. The molecule has 5 rings (SSSR count). The first-order valence-electron chi connectivity index (χ1n) is 37.3. The van der Waals surface area contributed by atoms with Crippen LogP contribution in [0.3, 0.4) is 0 Å². The van der Waals surface area contributed by atoms with Crippen LogP contribution in [-0.2, 0) is 110 Å². The molecule has 0 bridgehead atoms. The number of fused-ring (bicyclic) bond motifs is 1. The second-order valence-electron chi connectivity index (χ2n) is 28.0. The van der Waals surface area contributed by atoms with Crippen LogP contribution in [0.25, 0.3) is 10.9 Å². The summed E-state index contributed by atoms with van der Waals surface area (Å²) in [6, 6.07) is -1.72. The maximum absolute atomic E-state index is 14.7. The second kappa shape index (κ2) is 48.3. The molecule has 45 heteroatoms. The Kier molecular flexibility index (Phi) is 39.4. The van der Waals surface area contributed by atoms with Crippen LogP contribution in [0.2, 0.25) is 0 Å². The number of thiol groups is 2. The molecule has 0 unspecified atom stereocenters. The number of hydrogen-bond acceptors (Lipinski definition) is 25. The fraction of sp³-hybridized carbons (Fsp3) is 0.473. The number of nitrogens with one attached hydrogen (secondary N) is 14. The van der Waals surface area contributed by atoms with Crippen molar-refractivity contribution in [1.82, 2.24) is 79.0 Å². The van der Waals surface area contributed by atoms with Gasteiger partial charge in [0.15, 0.2) is 0 Å². The van der Waals surface area contributed by atoms with Gasteiger partial charge in [-0.3, -0.25) is 86.3 Å². The molecule has 0 spiro atoms. The Morgan fingerprint density at radius 3 is 1.48 bits per heavy atom. The number of hydrogen-bond donors (Lipinski definition) is 25. The van der Waals surface area contributed by atoms with Crippen molar-refractivity contribution in [3.63, 3.8) is 0 Å². The highest BCUT2D eigenvalue weighted by atomic mass is 32.1. The highest BCUT2D eigenvalue weighted by Gasteiger charge is 2.42. The first kappa shape index (κ1) is 97.1. The molecule has 119 heavy (non-hydrogen) atoms. The number of aliphatic hydroxyl groups is 2. The van der Waals surface area contributed by atoms with Crippen molar-refractivity contribution >= 4 is 149 Å². The van der Waals surface area contributed by atoms with Gasteiger partial charge in [-0.25, -0.2) is 4.79 Å². The lowest BCUT2D eigenvalue weighted by Crippen LogP contribution is -2.61. The van der Waals surface area contributed by atoms with Gasteiger partial charge in [-0.2, -0.15) is 25.3 Å². The van der Waals surface area contributed by atoms with Crippen molar-refractivity contribution < 1.29 is 127 Å². The van der Waals surface area contributed by atoms with Gasteiger partial charge in [0.2, 0.25) is 88.6 Å². The van der Waals surface area contributed by atoms with E-state index in [4.69, 9.17) is 11.5 Å². The van der Waals surface area contributed by atoms with Crippen LogP contribution in [0.15, 0.2) is 85.1 Å². The number of carbonyl (C=O) groups is 19. The lowest BCUT2D eigenvalue weighted by atomic mass is 10.0. The SMILES string of the molecule is CC(C)C[C@H](NC(=O)[C@H](CC(N)=O)NC(=O)[C@H](Cc1ccccc1)NC(=O)[C@H](CS)NC(=O)[C@H](CC(=O)O)NC(=O)[C@H](CCC(=O)O)NC(=O)CNC(=O)CNC(=O)[C@H](Cc1ccc(O)cc1)NC(=O)[C@H](CCC(=O)O)NC(=O)[C@H](CO)NC(=O)[C@@H]1CCCN1C(=O)[C@H](Cc1c[nH]c2ccccc12)NC(=O)[C@H](CS)NC(=O)[C@@H](N)CO)C(=O)O. The molecule has 0 radical (unpaired) electrons. The monoisotopic (exact) mass is 1710 g/mol. The van der Waals surface area contributed by atoms with Crippen molar-refractivity contribution in [2.24, 2.45) is 17.4 Å². The number of carboxylic acid groups (broad SMARTS) is 4. The van der Waals surface area contributed by atoms with Crippen molar-refractivity contribution in [2.45, 2.75) is 169 Å². The van der Waals surface area contributed by atoms with E-state index in [1.54, 1.807) is 74.6 Å². The lowest BCUT2D eigenvalue weighted by Gasteiger charge is -2.30. The summed E-state index contributed by atoms with van der Waals surface area (Å²) in [5.74, 6) is -24.3. The van der Waals surface area contributed by atoms with E-state index in [1.807, 2.05) is 0 Å². The zero-order valence-electron chi connectivity index (χ0n) is 64.5. The van der Waals surface area contributed by atoms with Crippen molar-refractivity contribution in [3.05, 3.63) is 102 Å². The summed E-state index contributed by atoms with van der Waals surface area (Å²) in [6.07, 6.45) is -4.30. The zero-order chi connectivity index (χ0) is 88.3. The average Bonchev–Trinajstić information content (AvgIpc) is 1.67. The third kappa shape index (κ3) is 32.2. The molecule has 13 atom stereocenters. The molecule has 1 aliphatic rings. The molecule has 1 fully saturated rings. The maximum Gasteiger partial charge on any atom is 0.326 e. The van der Waals surface area contributed by atoms with Gasteiger partial charge in [0, 0.05) is 67.3 Å². The summed E-state index contributed by atoms with van der Waals surface area (Å²) in [5, 5.41) is 99.2. The summed E-state index contributed by atoms with van der Waals surface area (Å²) in [7, 11) is 0. The van der Waals surface area contributed by atoms with Crippen LogP contribution in [0.4, 0.5) is 0 Å². The van der Waals surface area contributed by atoms with Crippen molar-refractivity contribution in [1.29, 1.82) is 0 Å². The molecule has 0 saturated carbocycles. The number of likely N-dealkylation sites (tertiary alicyclic amines) is 1.